The van der Waals surface area contributed by atoms with E-state index >= 15 is 0 Å². The van der Waals surface area contributed by atoms with Crippen molar-refractivity contribution in [1.82, 2.24) is 24.8 Å². The van der Waals surface area contributed by atoms with Crippen molar-refractivity contribution >= 4 is 40.9 Å². The van der Waals surface area contributed by atoms with Crippen LogP contribution in [0.15, 0.2) is 71.8 Å². The first-order chi connectivity index (χ1) is 19.2. The smallest absolute Gasteiger partial charge is 0.347 e. The highest BCUT2D eigenvalue weighted by Gasteiger charge is 2.21. The van der Waals surface area contributed by atoms with Crippen LogP contribution in [0.3, 0.4) is 0 Å². The molecule has 0 spiro atoms. The summed E-state index contributed by atoms with van der Waals surface area (Å²) in [6.45, 7) is 4.92. The lowest BCUT2D eigenvalue weighted by atomic mass is 10.0. The molecular formula is C29H31Cl2N7O2. The summed E-state index contributed by atoms with van der Waals surface area (Å²) in [5, 5.41) is 10.8. The maximum atomic E-state index is 13.3. The lowest BCUT2D eigenvalue weighted by Gasteiger charge is -2.21. The van der Waals surface area contributed by atoms with Gasteiger partial charge >= 0.3 is 5.69 Å². The number of rotatable bonds is 11. The number of hydrogen-bond acceptors (Lipinski definition) is 7. The quantitative estimate of drug-likeness (QED) is 0.221. The van der Waals surface area contributed by atoms with Crippen LogP contribution >= 0.6 is 23.2 Å². The second-order valence-electron chi connectivity index (χ2n) is 9.85. The van der Waals surface area contributed by atoms with Crippen molar-refractivity contribution in [2.75, 3.05) is 10.6 Å². The average molecular weight is 581 g/mol. The fourth-order valence-electron chi connectivity index (χ4n) is 4.02. The highest BCUT2D eigenvalue weighted by molar-refractivity contribution is 6.30. The van der Waals surface area contributed by atoms with Crippen LogP contribution in [0.5, 0.6) is 0 Å². The molecule has 11 heteroatoms. The van der Waals surface area contributed by atoms with Gasteiger partial charge in [0, 0.05) is 54.2 Å². The van der Waals surface area contributed by atoms with Gasteiger partial charge in [-0.15, -0.1) is 0 Å². The molecule has 2 aromatic carbocycles. The topological polar surface area (TPSA) is 114 Å². The normalized spacial score (nSPS) is 11.8. The molecule has 0 radical (unpaired) electrons. The molecule has 2 heterocycles. The van der Waals surface area contributed by atoms with Crippen molar-refractivity contribution in [3.05, 3.63) is 98.6 Å². The Morgan fingerprint density at radius 2 is 1.75 bits per heavy atom. The molecule has 2 aromatic heterocycles. The summed E-state index contributed by atoms with van der Waals surface area (Å²) in [6.07, 6.45) is 3.71. The Labute approximate surface area is 243 Å². The van der Waals surface area contributed by atoms with Gasteiger partial charge in [-0.2, -0.15) is 4.98 Å². The van der Waals surface area contributed by atoms with Crippen molar-refractivity contribution in [1.29, 1.82) is 0 Å². The van der Waals surface area contributed by atoms with E-state index in [1.54, 1.807) is 31.4 Å². The van der Waals surface area contributed by atoms with Crippen LogP contribution in [-0.4, -0.2) is 31.5 Å². The van der Waals surface area contributed by atoms with E-state index in [4.69, 9.17) is 23.2 Å². The van der Waals surface area contributed by atoms with Gasteiger partial charge in [0.15, 0.2) is 0 Å². The highest BCUT2D eigenvalue weighted by Crippen LogP contribution is 2.22. The lowest BCUT2D eigenvalue weighted by Crippen LogP contribution is -2.40. The zero-order chi connectivity index (χ0) is 28.6. The van der Waals surface area contributed by atoms with Crippen molar-refractivity contribution < 1.29 is 4.79 Å². The van der Waals surface area contributed by atoms with Crippen LogP contribution in [-0.2, 0) is 24.9 Å². The fraction of sp³-hybridized carbons (Fsp3) is 0.276. The number of amides is 1. The van der Waals surface area contributed by atoms with Gasteiger partial charge in [0.2, 0.25) is 11.9 Å². The third-order valence-corrected chi connectivity index (χ3v) is 6.52. The Morgan fingerprint density at radius 1 is 0.975 bits per heavy atom. The Morgan fingerprint density at radius 3 is 2.45 bits per heavy atom. The Kier molecular flexibility index (Phi) is 9.74. The number of aromatic nitrogens is 4. The van der Waals surface area contributed by atoms with Crippen LogP contribution in [0.4, 0.5) is 11.8 Å². The first-order valence-electron chi connectivity index (χ1n) is 12.9. The van der Waals surface area contributed by atoms with E-state index in [9.17, 15) is 9.59 Å². The summed E-state index contributed by atoms with van der Waals surface area (Å²) in [6, 6.07) is 16.0. The van der Waals surface area contributed by atoms with Crippen molar-refractivity contribution in [3.63, 3.8) is 0 Å². The Bertz CT molecular complexity index is 1520. The number of carbonyl (C=O) groups is 1. The fourth-order valence-corrected chi connectivity index (χ4v) is 4.36. The summed E-state index contributed by atoms with van der Waals surface area (Å²) in [4.78, 5) is 38.3. The van der Waals surface area contributed by atoms with E-state index in [0.717, 1.165) is 11.1 Å². The third-order valence-electron chi connectivity index (χ3n) is 6.04. The number of nitrogens with one attached hydrogen (secondary N) is 3. The molecular weight excluding hydrogens is 549 g/mol. The molecule has 0 saturated heterocycles. The van der Waals surface area contributed by atoms with Crippen molar-refractivity contribution in [3.8, 4) is 11.3 Å². The van der Waals surface area contributed by atoms with Crippen molar-refractivity contribution in [2.24, 2.45) is 13.0 Å². The predicted molar refractivity (Wildman–Crippen MR) is 159 cm³/mol. The molecule has 40 heavy (non-hydrogen) atoms. The zero-order valence-corrected chi connectivity index (χ0v) is 24.0. The highest BCUT2D eigenvalue weighted by atomic mass is 35.5. The molecule has 0 bridgehead atoms. The maximum Gasteiger partial charge on any atom is 0.347 e. The predicted octanol–water partition coefficient (Wildman–Crippen LogP) is 5.30. The standard InChI is InChI=1S/C29H31Cl2N7O2/c1-18(2)11-25(27(39)32-14-19-7-9-22(30)10-8-19)35-26-13-24(21-16-34-29(40)38(3)17-21)36-28(37-26)33-15-20-5-4-6-23(31)12-20/h4-10,12-13,16-18,25H,11,14-15H2,1-3H3,(H,32,39)(H2,33,35,36,37). The maximum absolute atomic E-state index is 13.3. The summed E-state index contributed by atoms with van der Waals surface area (Å²) < 4.78 is 1.38. The summed E-state index contributed by atoms with van der Waals surface area (Å²) in [7, 11) is 1.63. The van der Waals surface area contributed by atoms with Crippen LogP contribution < -0.4 is 21.6 Å². The molecule has 0 saturated carbocycles. The van der Waals surface area contributed by atoms with Gasteiger partial charge in [-0.1, -0.05) is 61.3 Å². The number of aryl methyl sites for hydroxylation is 1. The van der Waals surface area contributed by atoms with E-state index in [0.29, 0.717) is 52.6 Å². The summed E-state index contributed by atoms with van der Waals surface area (Å²) >= 11 is 12.1. The summed E-state index contributed by atoms with van der Waals surface area (Å²) in [5.41, 5.74) is 2.70. The second-order valence-corrected chi connectivity index (χ2v) is 10.7. The number of anilines is 2. The molecule has 208 valence electrons. The minimum absolute atomic E-state index is 0.152. The van der Waals surface area contributed by atoms with Gasteiger partial charge in [0.1, 0.15) is 11.9 Å². The lowest BCUT2D eigenvalue weighted by molar-refractivity contribution is -0.122. The molecule has 0 aliphatic carbocycles. The number of benzene rings is 2. The van der Waals surface area contributed by atoms with Gasteiger partial charge < -0.3 is 20.5 Å². The molecule has 4 aromatic rings. The number of hydrogen-bond donors (Lipinski definition) is 3. The van der Waals surface area contributed by atoms with Gasteiger partial charge in [0.05, 0.1) is 5.69 Å². The minimum Gasteiger partial charge on any atom is -0.358 e. The first kappa shape index (κ1) is 29.0. The number of halogens is 2. The zero-order valence-electron chi connectivity index (χ0n) is 22.5. The molecule has 0 aliphatic heterocycles. The average Bonchev–Trinajstić information content (AvgIpc) is 2.92. The second kappa shape index (κ2) is 13.4. The third kappa shape index (κ3) is 8.27. The van der Waals surface area contributed by atoms with Gasteiger partial charge in [0.25, 0.3) is 0 Å². The van der Waals surface area contributed by atoms with Gasteiger partial charge in [-0.3, -0.25) is 4.79 Å². The minimum atomic E-state index is -0.547. The number of nitrogens with zero attached hydrogens (tertiary/aromatic N) is 4. The molecule has 0 fully saturated rings. The van der Waals surface area contributed by atoms with Crippen LogP contribution in [0.1, 0.15) is 31.4 Å². The van der Waals surface area contributed by atoms with E-state index in [-0.39, 0.29) is 17.5 Å². The molecule has 1 atom stereocenters. The van der Waals surface area contributed by atoms with E-state index in [1.165, 1.54) is 10.8 Å². The molecule has 9 nitrogen and oxygen atoms in total. The summed E-state index contributed by atoms with van der Waals surface area (Å²) in [5.74, 6) is 0.896. The van der Waals surface area contributed by atoms with Crippen LogP contribution in [0, 0.1) is 5.92 Å². The SMILES string of the molecule is CC(C)CC(Nc1cc(-c2cnc(=O)n(C)c2)nc(NCc2cccc(Cl)c2)n1)C(=O)NCc1ccc(Cl)cc1. The molecule has 4 rings (SSSR count). The van der Waals surface area contributed by atoms with Gasteiger partial charge in [-0.25, -0.2) is 14.8 Å². The largest absolute Gasteiger partial charge is 0.358 e. The van der Waals surface area contributed by atoms with Crippen LogP contribution in [0.25, 0.3) is 11.3 Å². The molecule has 1 amide bonds. The molecule has 0 aliphatic rings. The monoisotopic (exact) mass is 579 g/mol. The van der Waals surface area contributed by atoms with E-state index in [1.807, 2.05) is 36.4 Å². The Balaban J connectivity index is 1.60. The van der Waals surface area contributed by atoms with Crippen LogP contribution in [0.2, 0.25) is 10.0 Å². The molecule has 3 N–H and O–H groups in total. The van der Waals surface area contributed by atoms with Crippen molar-refractivity contribution in [2.45, 2.75) is 39.4 Å². The molecule has 1 unspecified atom stereocenters. The van der Waals surface area contributed by atoms with E-state index < -0.39 is 6.04 Å². The van der Waals surface area contributed by atoms with E-state index in [2.05, 4.69) is 44.7 Å². The Hall–Kier alpha value is -3.95. The number of carbonyl (C=O) groups excluding carboxylic acids is 1. The first-order valence-corrected chi connectivity index (χ1v) is 13.6. The van der Waals surface area contributed by atoms with Gasteiger partial charge in [-0.05, 0) is 47.7 Å².